The fraction of sp³-hybridized carbons (Fsp3) is 0. The molecule has 0 amide bonds. The van der Waals surface area contributed by atoms with Crippen LogP contribution in [0.3, 0.4) is 0 Å². The highest BCUT2D eigenvalue weighted by molar-refractivity contribution is 9.10. The highest BCUT2D eigenvalue weighted by atomic mass is 79.9. The van der Waals surface area contributed by atoms with Gasteiger partial charge in [0.2, 0.25) is 0 Å². The first-order valence-corrected chi connectivity index (χ1v) is 5.11. The maximum Gasteiger partial charge on any atom is 0.132 e. The molecule has 0 fully saturated rings. The number of halogens is 2. The second-order valence-corrected chi connectivity index (χ2v) is 4.40. The predicted octanol–water partition coefficient (Wildman–Crippen LogP) is 3.67. The van der Waals surface area contributed by atoms with E-state index in [1.165, 1.54) is 17.4 Å². The van der Waals surface area contributed by atoms with Crippen molar-refractivity contribution in [3.8, 4) is 6.07 Å². The van der Waals surface area contributed by atoms with Gasteiger partial charge in [-0.05, 0) is 34.1 Å². The van der Waals surface area contributed by atoms with E-state index in [1.807, 2.05) is 6.07 Å². The molecule has 1 aromatic carbocycles. The molecular weight excluding hydrogens is 253 g/mol. The molecule has 0 bridgehead atoms. The molecule has 1 nitrogen and oxygen atoms in total. The summed E-state index contributed by atoms with van der Waals surface area (Å²) in [5.74, 6) is -0.282. The lowest BCUT2D eigenvalue weighted by molar-refractivity contribution is 0.640. The Balaban J connectivity index is 2.90. The molecule has 0 saturated carbocycles. The van der Waals surface area contributed by atoms with E-state index in [-0.39, 0.29) is 5.82 Å². The van der Waals surface area contributed by atoms with Crippen LogP contribution in [-0.4, -0.2) is 0 Å². The molecule has 0 saturated heterocycles. The monoisotopic (exact) mass is 255 g/mol. The van der Waals surface area contributed by atoms with Crippen molar-refractivity contribution in [2.45, 2.75) is 0 Å². The van der Waals surface area contributed by atoms with Crippen LogP contribution in [0.4, 0.5) is 4.39 Å². The molecule has 0 spiro atoms. The quantitative estimate of drug-likeness (QED) is 0.705. The molecule has 13 heavy (non-hydrogen) atoms. The molecule has 0 aliphatic carbocycles. The van der Waals surface area contributed by atoms with Crippen LogP contribution in [0.2, 0.25) is 0 Å². The lowest BCUT2D eigenvalue weighted by Crippen LogP contribution is -1.73. The van der Waals surface area contributed by atoms with E-state index < -0.39 is 0 Å². The van der Waals surface area contributed by atoms with Crippen LogP contribution in [0.25, 0.3) is 10.1 Å². The summed E-state index contributed by atoms with van der Waals surface area (Å²) >= 11 is 4.60. The summed E-state index contributed by atoms with van der Waals surface area (Å²) in [7, 11) is 0. The smallest absolute Gasteiger partial charge is 0.132 e. The molecule has 2 aromatic rings. The van der Waals surface area contributed by atoms with Crippen molar-refractivity contribution in [1.29, 1.82) is 5.26 Å². The third kappa shape index (κ3) is 1.34. The van der Waals surface area contributed by atoms with E-state index in [2.05, 4.69) is 15.9 Å². The van der Waals surface area contributed by atoms with Crippen molar-refractivity contribution in [2.75, 3.05) is 0 Å². The Kier molecular flexibility index (Phi) is 2.06. The van der Waals surface area contributed by atoms with Crippen LogP contribution < -0.4 is 0 Å². The third-order valence-electron chi connectivity index (χ3n) is 1.69. The normalized spacial score (nSPS) is 10.2. The minimum absolute atomic E-state index is 0.282. The van der Waals surface area contributed by atoms with E-state index in [9.17, 15) is 4.39 Å². The summed E-state index contributed by atoms with van der Waals surface area (Å²) in [4.78, 5) is 0.529. The van der Waals surface area contributed by atoms with Gasteiger partial charge in [0.15, 0.2) is 0 Å². The number of rotatable bonds is 0. The standard InChI is InChI=1S/C9H3BrFNS/c10-7-1-2-8(11)6-3-5(4-12)13-9(6)7/h1-3H. The summed E-state index contributed by atoms with van der Waals surface area (Å²) in [6, 6.07) is 6.61. The van der Waals surface area contributed by atoms with Crippen molar-refractivity contribution in [3.05, 3.63) is 33.4 Å². The van der Waals surface area contributed by atoms with Gasteiger partial charge in [-0.15, -0.1) is 11.3 Å². The fourth-order valence-corrected chi connectivity index (χ4v) is 2.58. The van der Waals surface area contributed by atoms with Gasteiger partial charge in [0.05, 0.1) is 4.70 Å². The molecule has 0 aliphatic heterocycles. The average Bonchev–Trinajstić information content (AvgIpc) is 2.56. The van der Waals surface area contributed by atoms with Crippen LogP contribution in [-0.2, 0) is 0 Å². The van der Waals surface area contributed by atoms with Gasteiger partial charge in [-0.3, -0.25) is 0 Å². The van der Waals surface area contributed by atoms with Crippen LogP contribution in [0.15, 0.2) is 22.7 Å². The Hall–Kier alpha value is -0.920. The largest absolute Gasteiger partial charge is 0.206 e. The van der Waals surface area contributed by atoms with Gasteiger partial charge in [-0.25, -0.2) is 4.39 Å². The van der Waals surface area contributed by atoms with Crippen molar-refractivity contribution < 1.29 is 4.39 Å². The topological polar surface area (TPSA) is 23.8 Å². The molecule has 0 unspecified atom stereocenters. The Morgan fingerprint density at radius 3 is 2.85 bits per heavy atom. The van der Waals surface area contributed by atoms with Gasteiger partial charge < -0.3 is 0 Å². The first-order chi connectivity index (χ1) is 6.22. The highest BCUT2D eigenvalue weighted by Crippen LogP contribution is 2.33. The van der Waals surface area contributed by atoms with Crippen LogP contribution in [0.5, 0.6) is 0 Å². The number of hydrogen-bond acceptors (Lipinski definition) is 2. The van der Waals surface area contributed by atoms with Crippen molar-refractivity contribution in [1.82, 2.24) is 0 Å². The van der Waals surface area contributed by atoms with Gasteiger partial charge in [-0.2, -0.15) is 5.26 Å². The molecular formula is C9H3BrFNS. The molecule has 4 heteroatoms. The van der Waals surface area contributed by atoms with E-state index in [0.717, 1.165) is 9.17 Å². The van der Waals surface area contributed by atoms with Crippen LogP contribution in [0.1, 0.15) is 4.88 Å². The number of nitrogens with zero attached hydrogens (tertiary/aromatic N) is 1. The summed E-state index contributed by atoms with van der Waals surface area (Å²) in [5, 5.41) is 9.15. The van der Waals surface area contributed by atoms with Crippen molar-refractivity contribution in [3.63, 3.8) is 0 Å². The minimum atomic E-state index is -0.282. The van der Waals surface area contributed by atoms with Gasteiger partial charge in [0.1, 0.15) is 16.8 Å². The SMILES string of the molecule is N#Cc1cc2c(F)ccc(Br)c2s1. The lowest BCUT2D eigenvalue weighted by Gasteiger charge is -1.93. The zero-order valence-corrected chi connectivity index (χ0v) is 8.75. The van der Waals surface area contributed by atoms with Gasteiger partial charge >= 0.3 is 0 Å². The average molecular weight is 256 g/mol. The Bertz CT molecular complexity index is 473. The number of nitriles is 1. The lowest BCUT2D eigenvalue weighted by atomic mass is 10.2. The minimum Gasteiger partial charge on any atom is -0.206 e. The molecule has 64 valence electrons. The summed E-state index contributed by atoms with van der Waals surface area (Å²) in [6.45, 7) is 0. The summed E-state index contributed by atoms with van der Waals surface area (Å²) < 4.78 is 14.8. The molecule has 0 N–H and O–H groups in total. The zero-order chi connectivity index (χ0) is 9.42. The molecule has 2 rings (SSSR count). The second-order valence-electron chi connectivity index (χ2n) is 2.49. The molecule has 0 atom stereocenters. The van der Waals surface area contributed by atoms with E-state index >= 15 is 0 Å². The van der Waals surface area contributed by atoms with E-state index in [4.69, 9.17) is 5.26 Å². The molecule has 0 aliphatic rings. The van der Waals surface area contributed by atoms with Crippen molar-refractivity contribution in [2.24, 2.45) is 0 Å². The Morgan fingerprint density at radius 2 is 2.23 bits per heavy atom. The summed E-state index contributed by atoms with van der Waals surface area (Å²) in [6.07, 6.45) is 0. The maximum absolute atomic E-state index is 13.2. The number of benzene rings is 1. The number of hydrogen-bond donors (Lipinski definition) is 0. The second kappa shape index (κ2) is 3.09. The first kappa shape index (κ1) is 8.67. The van der Waals surface area contributed by atoms with Crippen LogP contribution >= 0.6 is 27.3 Å². The Labute approximate surface area is 86.5 Å². The van der Waals surface area contributed by atoms with Crippen LogP contribution in [0, 0.1) is 17.1 Å². The summed E-state index contributed by atoms with van der Waals surface area (Å²) in [5.41, 5.74) is 0. The van der Waals surface area contributed by atoms with E-state index in [1.54, 1.807) is 12.1 Å². The molecule has 1 heterocycles. The fourth-order valence-electron chi connectivity index (χ4n) is 1.11. The van der Waals surface area contributed by atoms with Crippen molar-refractivity contribution >= 4 is 37.4 Å². The molecule has 1 aromatic heterocycles. The van der Waals surface area contributed by atoms with Gasteiger partial charge in [0, 0.05) is 9.86 Å². The third-order valence-corrected chi connectivity index (χ3v) is 3.69. The maximum atomic E-state index is 13.2. The molecule has 0 radical (unpaired) electrons. The zero-order valence-electron chi connectivity index (χ0n) is 6.34. The Morgan fingerprint density at radius 1 is 1.46 bits per heavy atom. The predicted molar refractivity (Wildman–Crippen MR) is 54.2 cm³/mol. The van der Waals surface area contributed by atoms with Gasteiger partial charge in [0.25, 0.3) is 0 Å². The number of fused-ring (bicyclic) bond motifs is 1. The first-order valence-electron chi connectivity index (χ1n) is 3.50. The van der Waals surface area contributed by atoms with E-state index in [0.29, 0.717) is 10.3 Å². The van der Waals surface area contributed by atoms with Gasteiger partial charge in [-0.1, -0.05) is 0 Å². The number of thiophene rings is 1. The highest BCUT2D eigenvalue weighted by Gasteiger charge is 2.08.